The van der Waals surface area contributed by atoms with E-state index < -0.39 is 11.5 Å². The number of carboxylic acids is 1. The summed E-state index contributed by atoms with van der Waals surface area (Å²) >= 11 is 0. The molecule has 110 valence electrons. The third kappa shape index (κ3) is 5.06. The first-order valence-electron chi connectivity index (χ1n) is 6.63. The number of hydrogen-bond acceptors (Lipinski definition) is 3. The minimum absolute atomic E-state index is 0.0359. The molecule has 1 rings (SSSR count). The van der Waals surface area contributed by atoms with Crippen molar-refractivity contribution in [3.05, 3.63) is 0 Å². The molecule has 0 aliphatic heterocycles. The van der Waals surface area contributed by atoms with E-state index in [1.54, 1.807) is 7.11 Å². The second-order valence-corrected chi connectivity index (χ2v) is 5.79. The third-order valence-corrected chi connectivity index (χ3v) is 3.46. The third-order valence-electron chi connectivity index (χ3n) is 3.46. The Morgan fingerprint density at radius 3 is 2.63 bits per heavy atom. The number of ether oxygens (including phenoxy) is 1. The van der Waals surface area contributed by atoms with Crippen LogP contribution in [0.4, 0.5) is 4.79 Å². The molecule has 3 N–H and O–H groups in total. The maximum absolute atomic E-state index is 11.7. The van der Waals surface area contributed by atoms with Gasteiger partial charge in [-0.2, -0.15) is 0 Å². The van der Waals surface area contributed by atoms with Gasteiger partial charge in [0.2, 0.25) is 0 Å². The van der Waals surface area contributed by atoms with E-state index in [1.165, 1.54) is 0 Å². The minimum atomic E-state index is -0.760. The average Bonchev–Trinajstić information content (AvgIpc) is 2.73. The summed E-state index contributed by atoms with van der Waals surface area (Å²) in [5.74, 6) is -1.05. The normalized spacial score (nSPS) is 23.1. The summed E-state index contributed by atoms with van der Waals surface area (Å²) in [6, 6.07) is -0.280. The fraction of sp³-hybridized carbons (Fsp3) is 0.846. The summed E-state index contributed by atoms with van der Waals surface area (Å²) in [6.07, 6.45) is 2.48. The molecule has 0 spiro atoms. The number of urea groups is 1. The van der Waals surface area contributed by atoms with Crippen molar-refractivity contribution in [1.29, 1.82) is 0 Å². The summed E-state index contributed by atoms with van der Waals surface area (Å²) in [5.41, 5.74) is -0.444. The molecule has 2 amide bonds. The highest BCUT2D eigenvalue weighted by atomic mass is 16.5. The van der Waals surface area contributed by atoms with Gasteiger partial charge in [0.25, 0.3) is 0 Å². The van der Waals surface area contributed by atoms with Crippen molar-refractivity contribution in [3.8, 4) is 0 Å². The molecule has 1 fully saturated rings. The van der Waals surface area contributed by atoms with Crippen molar-refractivity contribution < 1.29 is 19.4 Å². The van der Waals surface area contributed by atoms with E-state index in [2.05, 4.69) is 10.6 Å². The van der Waals surface area contributed by atoms with Crippen LogP contribution in [0.3, 0.4) is 0 Å². The Bertz CT molecular complexity index is 331. The molecule has 6 nitrogen and oxygen atoms in total. The van der Waals surface area contributed by atoms with Crippen LogP contribution in [0.15, 0.2) is 0 Å². The minimum Gasteiger partial charge on any atom is -0.481 e. The molecule has 0 aromatic rings. The van der Waals surface area contributed by atoms with Gasteiger partial charge in [0.05, 0.1) is 18.1 Å². The Balaban J connectivity index is 2.36. The molecule has 0 aromatic heterocycles. The van der Waals surface area contributed by atoms with E-state index in [1.807, 2.05) is 13.8 Å². The summed E-state index contributed by atoms with van der Waals surface area (Å²) in [7, 11) is 1.58. The lowest BCUT2D eigenvalue weighted by atomic mass is 9.96. The summed E-state index contributed by atoms with van der Waals surface area (Å²) < 4.78 is 5.01. The van der Waals surface area contributed by atoms with Crippen LogP contribution in [0.5, 0.6) is 0 Å². The highest BCUT2D eigenvalue weighted by Crippen LogP contribution is 2.31. The van der Waals surface area contributed by atoms with Crippen LogP contribution in [0.2, 0.25) is 0 Å². The van der Waals surface area contributed by atoms with E-state index in [0.29, 0.717) is 19.6 Å². The van der Waals surface area contributed by atoms with Crippen molar-refractivity contribution in [3.63, 3.8) is 0 Å². The fourth-order valence-corrected chi connectivity index (χ4v) is 2.58. The van der Waals surface area contributed by atoms with Gasteiger partial charge in [-0.15, -0.1) is 0 Å². The maximum atomic E-state index is 11.7. The highest BCUT2D eigenvalue weighted by Gasteiger charge is 2.33. The van der Waals surface area contributed by atoms with E-state index in [-0.39, 0.29) is 17.9 Å². The molecule has 0 aromatic carbocycles. The molecular weight excluding hydrogens is 248 g/mol. The summed E-state index contributed by atoms with van der Waals surface area (Å²) in [6.45, 7) is 4.56. The molecule has 6 heteroatoms. The largest absolute Gasteiger partial charge is 0.481 e. The first-order valence-corrected chi connectivity index (χ1v) is 6.63. The van der Waals surface area contributed by atoms with Gasteiger partial charge >= 0.3 is 12.0 Å². The lowest BCUT2D eigenvalue weighted by Crippen LogP contribution is -2.51. The van der Waals surface area contributed by atoms with E-state index >= 15 is 0 Å². The number of methoxy groups -OCH3 is 1. The van der Waals surface area contributed by atoms with Crippen LogP contribution >= 0.6 is 0 Å². The first kappa shape index (κ1) is 15.8. The number of aliphatic carboxylic acids is 1. The monoisotopic (exact) mass is 272 g/mol. The molecule has 0 radical (unpaired) electrons. The Kier molecular flexibility index (Phi) is 5.60. The van der Waals surface area contributed by atoms with Crippen molar-refractivity contribution in [1.82, 2.24) is 10.6 Å². The van der Waals surface area contributed by atoms with E-state index in [0.717, 1.165) is 12.8 Å². The molecule has 1 aliphatic carbocycles. The highest BCUT2D eigenvalue weighted by molar-refractivity contribution is 5.75. The van der Waals surface area contributed by atoms with E-state index in [4.69, 9.17) is 9.84 Å². The van der Waals surface area contributed by atoms with Gasteiger partial charge in [0.15, 0.2) is 0 Å². The molecule has 1 saturated carbocycles. The molecule has 19 heavy (non-hydrogen) atoms. The number of nitrogens with one attached hydrogen (secondary N) is 2. The second-order valence-electron chi connectivity index (χ2n) is 5.79. The van der Waals surface area contributed by atoms with Crippen molar-refractivity contribution in [2.75, 3.05) is 20.3 Å². The summed E-state index contributed by atoms with van der Waals surface area (Å²) in [4.78, 5) is 22.8. The molecule has 0 bridgehead atoms. The quantitative estimate of drug-likeness (QED) is 0.678. The SMILES string of the molecule is COCC(C)(C)NC(=O)NCC1CCCC1C(=O)O. The predicted molar refractivity (Wildman–Crippen MR) is 71.0 cm³/mol. The van der Waals surface area contributed by atoms with Gasteiger partial charge < -0.3 is 20.5 Å². The predicted octanol–water partition coefficient (Wildman–Crippen LogP) is 1.21. The Morgan fingerprint density at radius 2 is 2.05 bits per heavy atom. The molecule has 2 unspecified atom stereocenters. The maximum Gasteiger partial charge on any atom is 0.315 e. The van der Waals surface area contributed by atoms with E-state index in [9.17, 15) is 9.59 Å². The van der Waals surface area contributed by atoms with Crippen molar-refractivity contribution >= 4 is 12.0 Å². The number of carbonyl (C=O) groups excluding carboxylic acids is 1. The molecule has 2 atom stereocenters. The molecule has 1 aliphatic rings. The van der Waals surface area contributed by atoms with Crippen LogP contribution in [0, 0.1) is 11.8 Å². The lowest BCUT2D eigenvalue weighted by molar-refractivity contribution is -0.142. The van der Waals surface area contributed by atoms with Crippen LogP contribution in [0.1, 0.15) is 33.1 Å². The smallest absolute Gasteiger partial charge is 0.315 e. The van der Waals surface area contributed by atoms with Gasteiger partial charge in [-0.3, -0.25) is 4.79 Å². The molecule has 0 heterocycles. The van der Waals surface area contributed by atoms with Crippen LogP contribution in [-0.2, 0) is 9.53 Å². The zero-order valence-electron chi connectivity index (χ0n) is 11.9. The van der Waals surface area contributed by atoms with Crippen LogP contribution < -0.4 is 10.6 Å². The van der Waals surface area contributed by atoms with Crippen LogP contribution in [-0.4, -0.2) is 42.9 Å². The number of carboxylic acid groups (broad SMARTS) is 1. The van der Waals surface area contributed by atoms with Gasteiger partial charge in [-0.1, -0.05) is 6.42 Å². The first-order chi connectivity index (χ1) is 8.85. The van der Waals surface area contributed by atoms with Gasteiger partial charge in [0, 0.05) is 13.7 Å². The number of carbonyl (C=O) groups is 2. The summed E-state index contributed by atoms with van der Waals surface area (Å²) in [5, 5.41) is 14.6. The standard InChI is InChI=1S/C13H24N2O4/c1-13(2,8-19-3)15-12(18)14-7-9-5-4-6-10(9)11(16)17/h9-10H,4-8H2,1-3H3,(H,16,17)(H2,14,15,18). The van der Waals surface area contributed by atoms with Crippen LogP contribution in [0.25, 0.3) is 0 Å². The lowest BCUT2D eigenvalue weighted by Gasteiger charge is -2.26. The second kappa shape index (κ2) is 6.75. The Labute approximate surface area is 113 Å². The van der Waals surface area contributed by atoms with Gasteiger partial charge in [-0.05, 0) is 32.6 Å². The molecule has 0 saturated heterocycles. The van der Waals surface area contributed by atoms with Crippen molar-refractivity contribution in [2.45, 2.75) is 38.6 Å². The van der Waals surface area contributed by atoms with Gasteiger partial charge in [0.1, 0.15) is 0 Å². The van der Waals surface area contributed by atoms with Gasteiger partial charge in [-0.25, -0.2) is 4.79 Å². The average molecular weight is 272 g/mol. The topological polar surface area (TPSA) is 87.7 Å². The molecular formula is C13H24N2O4. The van der Waals surface area contributed by atoms with Crippen molar-refractivity contribution in [2.24, 2.45) is 11.8 Å². The number of rotatable bonds is 6. The Hall–Kier alpha value is -1.30. The zero-order chi connectivity index (χ0) is 14.5. The zero-order valence-corrected chi connectivity index (χ0v) is 11.9. The number of amides is 2. The Morgan fingerprint density at radius 1 is 1.37 bits per heavy atom. The fourth-order valence-electron chi connectivity index (χ4n) is 2.58. The number of hydrogen-bond donors (Lipinski definition) is 3.